The fourth-order valence-corrected chi connectivity index (χ4v) is 3.82. The van der Waals surface area contributed by atoms with Crippen molar-refractivity contribution in [1.82, 2.24) is 0 Å². The van der Waals surface area contributed by atoms with Crippen molar-refractivity contribution < 1.29 is 13.5 Å². The van der Waals surface area contributed by atoms with Crippen LogP contribution in [0.3, 0.4) is 0 Å². The van der Waals surface area contributed by atoms with E-state index in [-0.39, 0.29) is 18.5 Å². The minimum absolute atomic E-state index is 0.119. The maximum Gasteiger partial charge on any atom is 0.283 e. The summed E-state index contributed by atoms with van der Waals surface area (Å²) in [6, 6.07) is 9.80. The third-order valence-corrected chi connectivity index (χ3v) is 5.17. The summed E-state index contributed by atoms with van der Waals surface area (Å²) in [4.78, 5) is 8.49. The molecule has 0 radical (unpaired) electrons. The first-order chi connectivity index (χ1) is 12.6. The molecule has 0 amide bonds. The highest BCUT2D eigenvalue weighted by Crippen LogP contribution is 2.45. The minimum atomic E-state index is -0.742. The van der Waals surface area contributed by atoms with Crippen molar-refractivity contribution in [2.24, 2.45) is 21.6 Å². The van der Waals surface area contributed by atoms with E-state index in [2.05, 4.69) is 9.98 Å². The number of nitrogens with zero attached hydrogens (tertiary/aromatic N) is 2. The molecule has 4 nitrogen and oxygen atoms in total. The molecule has 2 atom stereocenters. The molecule has 2 unspecified atom stereocenters. The van der Waals surface area contributed by atoms with Gasteiger partial charge in [0, 0.05) is 12.5 Å². The SMILES string of the molecule is NC1=NC(c2ccccc2)(C2C=CC(F)=C(C3=C(F)C=NCC3)C2)CO1. The van der Waals surface area contributed by atoms with Crippen molar-refractivity contribution in [2.75, 3.05) is 13.2 Å². The van der Waals surface area contributed by atoms with Crippen LogP contribution in [0.1, 0.15) is 18.4 Å². The highest BCUT2D eigenvalue weighted by Gasteiger charge is 2.45. The fraction of sp³-hybridized carbons (Fsp3) is 0.300. The second-order valence-corrected chi connectivity index (χ2v) is 6.64. The van der Waals surface area contributed by atoms with Crippen molar-refractivity contribution in [2.45, 2.75) is 18.4 Å². The van der Waals surface area contributed by atoms with Gasteiger partial charge in [-0.2, -0.15) is 0 Å². The van der Waals surface area contributed by atoms with Crippen LogP contribution < -0.4 is 5.73 Å². The van der Waals surface area contributed by atoms with Gasteiger partial charge in [-0.1, -0.05) is 36.4 Å². The zero-order valence-electron chi connectivity index (χ0n) is 14.2. The molecule has 6 heteroatoms. The number of allylic oxidation sites excluding steroid dienone is 4. The van der Waals surface area contributed by atoms with Gasteiger partial charge in [0.05, 0.1) is 6.21 Å². The lowest BCUT2D eigenvalue weighted by Gasteiger charge is -2.34. The summed E-state index contributed by atoms with van der Waals surface area (Å²) in [5.41, 5.74) is 6.79. The van der Waals surface area contributed by atoms with Gasteiger partial charge in [0.15, 0.2) is 0 Å². The monoisotopic (exact) mass is 355 g/mol. The van der Waals surface area contributed by atoms with Crippen LogP contribution in [0.5, 0.6) is 0 Å². The first-order valence-corrected chi connectivity index (χ1v) is 8.59. The first-order valence-electron chi connectivity index (χ1n) is 8.59. The molecule has 0 fully saturated rings. The number of ether oxygens (including phenoxy) is 1. The van der Waals surface area contributed by atoms with Crippen LogP contribution in [0.2, 0.25) is 0 Å². The molecule has 1 aliphatic carbocycles. The summed E-state index contributed by atoms with van der Waals surface area (Å²) in [6.07, 6.45) is 5.09. The molecule has 1 aromatic rings. The highest BCUT2D eigenvalue weighted by atomic mass is 19.1. The Kier molecular flexibility index (Phi) is 4.18. The van der Waals surface area contributed by atoms with Gasteiger partial charge in [-0.15, -0.1) is 0 Å². The summed E-state index contributed by atoms with van der Waals surface area (Å²) in [5, 5.41) is 0. The Morgan fingerprint density at radius 1 is 1.12 bits per heavy atom. The number of aliphatic imine (C=N–C) groups is 2. The van der Waals surface area contributed by atoms with Gasteiger partial charge in [-0.25, -0.2) is 13.8 Å². The number of nitrogens with two attached hydrogens (primary N) is 1. The minimum Gasteiger partial charge on any atom is -0.462 e. The zero-order chi connectivity index (χ0) is 18.1. The lowest BCUT2D eigenvalue weighted by molar-refractivity contribution is 0.210. The smallest absolute Gasteiger partial charge is 0.283 e. The van der Waals surface area contributed by atoms with E-state index in [9.17, 15) is 8.78 Å². The molecule has 0 bridgehead atoms. The van der Waals surface area contributed by atoms with Crippen LogP contribution in [0, 0.1) is 5.92 Å². The molecule has 134 valence electrons. The number of hydrogen-bond acceptors (Lipinski definition) is 4. The van der Waals surface area contributed by atoms with Gasteiger partial charge in [-0.3, -0.25) is 4.99 Å². The standard InChI is InChI=1S/C20H19F2N3O/c21-17-7-6-14(10-16(17)15-8-9-24-11-18(15)22)20(12-26-19(23)25-20)13-4-2-1-3-5-13/h1-7,11,14H,8-10,12H2,(H2,23,25). The van der Waals surface area contributed by atoms with Crippen molar-refractivity contribution in [1.29, 1.82) is 0 Å². The second-order valence-electron chi connectivity index (χ2n) is 6.64. The van der Waals surface area contributed by atoms with Crippen LogP contribution in [0.25, 0.3) is 0 Å². The molecule has 4 rings (SSSR count). The molecule has 2 heterocycles. The van der Waals surface area contributed by atoms with E-state index in [4.69, 9.17) is 10.5 Å². The predicted molar refractivity (Wildman–Crippen MR) is 97.2 cm³/mol. The zero-order valence-corrected chi connectivity index (χ0v) is 14.2. The highest BCUT2D eigenvalue weighted by molar-refractivity contribution is 5.79. The number of dihydropyridines is 1. The van der Waals surface area contributed by atoms with Crippen LogP contribution in [0.4, 0.5) is 8.78 Å². The van der Waals surface area contributed by atoms with Crippen molar-refractivity contribution in [3.05, 3.63) is 70.8 Å². The number of benzene rings is 1. The fourth-order valence-electron chi connectivity index (χ4n) is 3.82. The van der Waals surface area contributed by atoms with E-state index in [1.807, 2.05) is 30.3 Å². The van der Waals surface area contributed by atoms with Crippen LogP contribution >= 0.6 is 0 Å². The molecule has 3 aliphatic rings. The Balaban J connectivity index is 1.74. The molecular weight excluding hydrogens is 336 g/mol. The molecule has 1 aromatic carbocycles. The number of hydrogen-bond donors (Lipinski definition) is 1. The van der Waals surface area contributed by atoms with Crippen molar-refractivity contribution >= 4 is 12.2 Å². The van der Waals surface area contributed by atoms with Crippen molar-refractivity contribution in [3.8, 4) is 0 Å². The van der Waals surface area contributed by atoms with E-state index in [0.29, 0.717) is 30.5 Å². The van der Waals surface area contributed by atoms with Gasteiger partial charge in [0.2, 0.25) is 0 Å². The van der Waals surface area contributed by atoms with Crippen LogP contribution in [0.15, 0.2) is 75.3 Å². The molecule has 0 aromatic heterocycles. The maximum atomic E-state index is 14.5. The lowest BCUT2D eigenvalue weighted by atomic mass is 9.73. The molecular formula is C20H19F2N3O. The molecule has 0 spiro atoms. The summed E-state index contributed by atoms with van der Waals surface area (Å²) in [7, 11) is 0. The maximum absolute atomic E-state index is 14.5. The van der Waals surface area contributed by atoms with Crippen LogP contribution in [-0.4, -0.2) is 25.4 Å². The van der Waals surface area contributed by atoms with Gasteiger partial charge in [-0.05, 0) is 35.6 Å². The Morgan fingerprint density at radius 2 is 1.92 bits per heavy atom. The largest absolute Gasteiger partial charge is 0.462 e. The summed E-state index contributed by atoms with van der Waals surface area (Å²) >= 11 is 0. The van der Waals surface area contributed by atoms with E-state index in [1.165, 1.54) is 12.3 Å². The second kappa shape index (κ2) is 6.52. The Labute approximate surface area is 150 Å². The molecule has 2 N–H and O–H groups in total. The van der Waals surface area contributed by atoms with E-state index in [1.54, 1.807) is 6.08 Å². The summed E-state index contributed by atoms with van der Waals surface area (Å²) in [6.45, 7) is 0.738. The van der Waals surface area contributed by atoms with Crippen LogP contribution in [-0.2, 0) is 10.3 Å². The third kappa shape index (κ3) is 2.75. The third-order valence-electron chi connectivity index (χ3n) is 5.17. The van der Waals surface area contributed by atoms with Gasteiger partial charge < -0.3 is 10.5 Å². The lowest BCUT2D eigenvalue weighted by Crippen LogP contribution is -2.35. The Hall–Kier alpha value is -2.76. The van der Waals surface area contributed by atoms with Gasteiger partial charge >= 0.3 is 0 Å². The average Bonchev–Trinajstić information content (AvgIpc) is 3.07. The topological polar surface area (TPSA) is 60.0 Å². The first kappa shape index (κ1) is 16.7. The quantitative estimate of drug-likeness (QED) is 0.898. The molecule has 26 heavy (non-hydrogen) atoms. The predicted octanol–water partition coefficient (Wildman–Crippen LogP) is 3.72. The Bertz CT molecular complexity index is 870. The number of halogens is 2. The summed E-state index contributed by atoms with van der Waals surface area (Å²) < 4.78 is 34.2. The summed E-state index contributed by atoms with van der Waals surface area (Å²) in [5.74, 6) is -1.06. The van der Waals surface area contributed by atoms with Gasteiger partial charge in [0.25, 0.3) is 6.02 Å². The molecule has 0 saturated heterocycles. The molecule has 0 saturated carbocycles. The van der Waals surface area contributed by atoms with E-state index < -0.39 is 17.2 Å². The van der Waals surface area contributed by atoms with E-state index in [0.717, 1.165) is 5.56 Å². The molecule has 2 aliphatic heterocycles. The number of rotatable bonds is 3. The number of amidine groups is 1. The Morgan fingerprint density at radius 3 is 2.62 bits per heavy atom. The van der Waals surface area contributed by atoms with Gasteiger partial charge in [0.1, 0.15) is 23.8 Å². The van der Waals surface area contributed by atoms with E-state index >= 15 is 0 Å². The van der Waals surface area contributed by atoms with Crippen molar-refractivity contribution in [3.63, 3.8) is 0 Å². The normalized spacial score (nSPS) is 28.4. The average molecular weight is 355 g/mol.